The first-order valence-electron chi connectivity index (χ1n) is 11.5. The van der Waals surface area contributed by atoms with Crippen molar-refractivity contribution in [3.63, 3.8) is 0 Å². The van der Waals surface area contributed by atoms with Crippen LogP contribution >= 0.6 is 0 Å². The first-order chi connectivity index (χ1) is 14.2. The average Bonchev–Trinajstić information content (AvgIpc) is 3.39. The van der Waals surface area contributed by atoms with Crippen LogP contribution in [0.2, 0.25) is 0 Å². The van der Waals surface area contributed by atoms with E-state index in [9.17, 15) is 9.59 Å². The molecule has 5 atom stereocenters. The van der Waals surface area contributed by atoms with Gasteiger partial charge in [0.05, 0.1) is 0 Å². The zero-order valence-corrected chi connectivity index (χ0v) is 19.2. The van der Waals surface area contributed by atoms with E-state index in [2.05, 4.69) is 58.5 Å². The summed E-state index contributed by atoms with van der Waals surface area (Å²) in [6.45, 7) is 15.9. The summed E-state index contributed by atoms with van der Waals surface area (Å²) in [6.07, 6.45) is 3.89. The smallest absolute Gasteiger partial charge is 0.249 e. The second kappa shape index (κ2) is 9.32. The summed E-state index contributed by atoms with van der Waals surface area (Å²) in [4.78, 5) is 27.9. The molecule has 3 rings (SSSR count). The van der Waals surface area contributed by atoms with Crippen LogP contribution in [-0.2, 0) is 9.59 Å². The number of benzene rings is 1. The molecule has 0 bridgehead atoms. The van der Waals surface area contributed by atoms with Crippen LogP contribution in [0.4, 0.5) is 0 Å². The fourth-order valence-corrected chi connectivity index (χ4v) is 4.74. The molecule has 1 amide bonds. The van der Waals surface area contributed by atoms with Gasteiger partial charge in [-0.15, -0.1) is 0 Å². The van der Waals surface area contributed by atoms with Crippen LogP contribution in [0.25, 0.3) is 0 Å². The summed E-state index contributed by atoms with van der Waals surface area (Å²) in [5, 5.41) is 0. The molecule has 0 radical (unpaired) electrons. The molecule has 162 valence electrons. The minimum absolute atomic E-state index is 0.0427. The predicted octanol–water partition coefficient (Wildman–Crippen LogP) is 5.64. The Bertz CT molecular complexity index is 823. The standard InChI is InChI=1S/C27H37NO2/c1-17(2)18(3)14-19(4)27(30)28-13-12-23(16-28)20(5)21(6)26(29)25-15-24(25)22-10-8-7-9-11-22/h7-11,14,17,20-21,23-25H,3,12-13,15-16H2,1-2,4-6H3/b19-14+. The number of ketones is 1. The van der Waals surface area contributed by atoms with Crippen LogP contribution < -0.4 is 0 Å². The van der Waals surface area contributed by atoms with E-state index in [0.717, 1.165) is 37.1 Å². The van der Waals surface area contributed by atoms with E-state index in [4.69, 9.17) is 0 Å². The van der Waals surface area contributed by atoms with Gasteiger partial charge < -0.3 is 4.90 Å². The summed E-state index contributed by atoms with van der Waals surface area (Å²) in [7, 11) is 0. The van der Waals surface area contributed by atoms with Crippen LogP contribution in [0.3, 0.4) is 0 Å². The molecule has 1 heterocycles. The van der Waals surface area contributed by atoms with Crippen molar-refractivity contribution in [1.29, 1.82) is 0 Å². The number of rotatable bonds is 8. The molecule has 1 aromatic rings. The van der Waals surface area contributed by atoms with Crippen molar-refractivity contribution in [2.24, 2.45) is 29.6 Å². The van der Waals surface area contributed by atoms with Crippen molar-refractivity contribution < 1.29 is 9.59 Å². The molecule has 1 aliphatic carbocycles. The zero-order valence-electron chi connectivity index (χ0n) is 19.2. The number of hydrogen-bond donors (Lipinski definition) is 0. The highest BCUT2D eigenvalue weighted by atomic mass is 16.2. The molecule has 2 aliphatic rings. The molecule has 1 aliphatic heterocycles. The molecule has 0 N–H and O–H groups in total. The van der Waals surface area contributed by atoms with Gasteiger partial charge in [0.2, 0.25) is 5.91 Å². The van der Waals surface area contributed by atoms with Gasteiger partial charge in [0.1, 0.15) is 5.78 Å². The van der Waals surface area contributed by atoms with E-state index >= 15 is 0 Å². The first-order valence-corrected chi connectivity index (χ1v) is 11.5. The number of carbonyl (C=O) groups is 2. The van der Waals surface area contributed by atoms with Crippen LogP contribution in [-0.4, -0.2) is 29.7 Å². The Balaban J connectivity index is 1.55. The molecule has 5 unspecified atom stereocenters. The summed E-state index contributed by atoms with van der Waals surface area (Å²) in [5.41, 5.74) is 3.04. The number of amides is 1. The highest BCUT2D eigenvalue weighted by molar-refractivity contribution is 5.93. The van der Waals surface area contributed by atoms with Crippen molar-refractivity contribution in [3.05, 3.63) is 59.7 Å². The molecule has 0 spiro atoms. The Labute approximate surface area is 182 Å². The van der Waals surface area contributed by atoms with Crippen LogP contribution in [0.15, 0.2) is 54.1 Å². The second-order valence-electron chi connectivity index (χ2n) is 9.77. The lowest BCUT2D eigenvalue weighted by Gasteiger charge is -2.25. The molecular formula is C27H37NO2. The lowest BCUT2D eigenvalue weighted by atomic mass is 9.79. The molecule has 2 fully saturated rings. The zero-order chi connectivity index (χ0) is 22.0. The normalized spacial score (nSPS) is 25.9. The Hall–Kier alpha value is -2.16. The van der Waals surface area contributed by atoms with Gasteiger partial charge in [-0.25, -0.2) is 0 Å². The molecule has 1 saturated carbocycles. The van der Waals surface area contributed by atoms with Gasteiger partial charge in [0.25, 0.3) is 0 Å². The lowest BCUT2D eigenvalue weighted by Crippen LogP contribution is -2.32. The van der Waals surface area contributed by atoms with E-state index in [0.29, 0.717) is 29.5 Å². The fourth-order valence-electron chi connectivity index (χ4n) is 4.74. The van der Waals surface area contributed by atoms with Gasteiger partial charge in [-0.05, 0) is 49.0 Å². The van der Waals surface area contributed by atoms with Crippen LogP contribution in [0, 0.1) is 29.6 Å². The predicted molar refractivity (Wildman–Crippen MR) is 123 cm³/mol. The Morgan fingerprint density at radius 1 is 1.13 bits per heavy atom. The third-order valence-electron chi connectivity index (χ3n) is 7.36. The van der Waals surface area contributed by atoms with Gasteiger partial charge in [-0.1, -0.05) is 76.3 Å². The van der Waals surface area contributed by atoms with E-state index in [1.165, 1.54) is 5.56 Å². The van der Waals surface area contributed by atoms with E-state index in [1.807, 2.05) is 24.0 Å². The topological polar surface area (TPSA) is 37.4 Å². The Kier molecular flexibility index (Phi) is 7.00. The average molecular weight is 408 g/mol. The SMILES string of the molecule is C=C(/C=C(\C)C(=O)N1CCC(C(C)C(C)C(=O)C2CC2c2ccccc2)C1)C(C)C. The Morgan fingerprint density at radius 2 is 1.80 bits per heavy atom. The summed E-state index contributed by atoms with van der Waals surface area (Å²) >= 11 is 0. The number of allylic oxidation sites excluding steroid dienone is 2. The van der Waals surface area contributed by atoms with Crippen molar-refractivity contribution in [2.45, 2.75) is 53.4 Å². The summed E-state index contributed by atoms with van der Waals surface area (Å²) in [6, 6.07) is 10.4. The maximum Gasteiger partial charge on any atom is 0.249 e. The van der Waals surface area contributed by atoms with E-state index in [1.54, 1.807) is 0 Å². The maximum atomic E-state index is 13.1. The largest absolute Gasteiger partial charge is 0.339 e. The van der Waals surface area contributed by atoms with Gasteiger partial charge in [-0.3, -0.25) is 9.59 Å². The van der Waals surface area contributed by atoms with Gasteiger partial charge in [-0.2, -0.15) is 0 Å². The van der Waals surface area contributed by atoms with Crippen molar-refractivity contribution in [1.82, 2.24) is 4.90 Å². The molecule has 0 aromatic heterocycles. The van der Waals surface area contributed by atoms with Gasteiger partial charge >= 0.3 is 0 Å². The van der Waals surface area contributed by atoms with Gasteiger partial charge in [0, 0.05) is 30.5 Å². The third kappa shape index (κ3) is 4.94. The fraction of sp³-hybridized carbons (Fsp3) is 0.556. The molecule has 1 saturated heterocycles. The quantitative estimate of drug-likeness (QED) is 0.413. The second-order valence-corrected chi connectivity index (χ2v) is 9.77. The molecule has 3 heteroatoms. The molecule has 3 nitrogen and oxygen atoms in total. The van der Waals surface area contributed by atoms with E-state index in [-0.39, 0.29) is 17.7 Å². The van der Waals surface area contributed by atoms with Crippen molar-refractivity contribution in [3.8, 4) is 0 Å². The van der Waals surface area contributed by atoms with Crippen molar-refractivity contribution in [2.75, 3.05) is 13.1 Å². The van der Waals surface area contributed by atoms with E-state index < -0.39 is 0 Å². The minimum atomic E-state index is 0.0427. The highest BCUT2D eigenvalue weighted by Crippen LogP contribution is 2.50. The molecule has 1 aromatic carbocycles. The first kappa shape index (κ1) is 22.5. The highest BCUT2D eigenvalue weighted by Gasteiger charge is 2.47. The Morgan fingerprint density at radius 3 is 2.43 bits per heavy atom. The minimum Gasteiger partial charge on any atom is -0.339 e. The third-order valence-corrected chi connectivity index (χ3v) is 7.36. The van der Waals surface area contributed by atoms with Crippen molar-refractivity contribution >= 4 is 11.7 Å². The number of likely N-dealkylation sites (tertiary alicyclic amines) is 1. The number of nitrogens with zero attached hydrogens (tertiary/aromatic N) is 1. The molecule has 30 heavy (non-hydrogen) atoms. The molecular weight excluding hydrogens is 370 g/mol. The maximum absolute atomic E-state index is 13.1. The van der Waals surface area contributed by atoms with Gasteiger partial charge in [0.15, 0.2) is 0 Å². The lowest BCUT2D eigenvalue weighted by molar-refractivity contribution is -0.126. The van der Waals surface area contributed by atoms with Crippen LogP contribution in [0.5, 0.6) is 0 Å². The monoisotopic (exact) mass is 407 g/mol. The number of hydrogen-bond acceptors (Lipinski definition) is 2. The van der Waals surface area contributed by atoms with Crippen LogP contribution in [0.1, 0.15) is 58.9 Å². The summed E-state index contributed by atoms with van der Waals surface area (Å²) < 4.78 is 0. The number of Topliss-reactive ketones (excluding diaryl/α,β-unsaturated/α-hetero) is 1. The number of carbonyl (C=O) groups excluding carboxylic acids is 2. The summed E-state index contributed by atoms with van der Waals surface area (Å²) in [5.74, 6) is 2.16.